The van der Waals surface area contributed by atoms with Crippen molar-refractivity contribution in [3.8, 4) is 0 Å². The molecule has 0 aliphatic carbocycles. The van der Waals surface area contributed by atoms with Crippen molar-refractivity contribution in [3.05, 3.63) is 42.0 Å². The molecule has 0 spiro atoms. The normalized spacial score (nSPS) is 14.9. The maximum Gasteiger partial charge on any atom is 0.194 e. The Balaban J connectivity index is 2.61. The first-order valence-corrected chi connectivity index (χ1v) is 6.36. The number of thioether (sulfide) groups is 1. The number of aliphatic hydroxyl groups excluding tert-OH is 1. The molecule has 16 heavy (non-hydrogen) atoms. The van der Waals surface area contributed by atoms with Crippen LogP contribution in [0.15, 0.2) is 36.4 Å². The number of carbonyl (C=O) groups excluding carboxylic acids is 1. The molecule has 1 rings (SSSR count). The Labute approximate surface area is 100 Å². The summed E-state index contributed by atoms with van der Waals surface area (Å²) in [5, 5.41) is 9.76. The molecule has 0 amide bonds. The molecule has 1 aromatic carbocycles. The lowest BCUT2D eigenvalue weighted by atomic mass is 10.1. The Kier molecular flexibility index (Phi) is 5.29. The third kappa shape index (κ3) is 3.83. The van der Waals surface area contributed by atoms with E-state index in [1.807, 2.05) is 36.4 Å². The second-order valence-corrected chi connectivity index (χ2v) is 4.38. The van der Waals surface area contributed by atoms with E-state index in [4.69, 9.17) is 0 Å². The van der Waals surface area contributed by atoms with Gasteiger partial charge in [0, 0.05) is 0 Å². The van der Waals surface area contributed by atoms with Crippen molar-refractivity contribution >= 4 is 23.0 Å². The number of carbonyl (C=O) groups is 1. The minimum Gasteiger partial charge on any atom is -0.388 e. The third-order valence-corrected chi connectivity index (χ3v) is 3.14. The van der Waals surface area contributed by atoms with Gasteiger partial charge < -0.3 is 5.11 Å². The number of hydrogen-bond acceptors (Lipinski definition) is 3. The maximum absolute atomic E-state index is 11.3. The molecule has 0 heterocycles. The highest BCUT2D eigenvalue weighted by atomic mass is 32.2. The summed E-state index contributed by atoms with van der Waals surface area (Å²) in [6, 6.07) is 9.70. The highest BCUT2D eigenvalue weighted by Crippen LogP contribution is 2.14. The van der Waals surface area contributed by atoms with Crippen LogP contribution in [0.1, 0.15) is 12.5 Å². The van der Waals surface area contributed by atoms with Crippen molar-refractivity contribution in [2.45, 2.75) is 13.0 Å². The molecule has 0 unspecified atom stereocenters. The molecular formula is C13H16O2S. The van der Waals surface area contributed by atoms with Crippen LogP contribution >= 0.6 is 11.8 Å². The lowest BCUT2D eigenvalue weighted by Gasteiger charge is -2.12. The zero-order valence-corrected chi connectivity index (χ0v) is 10.3. The van der Waals surface area contributed by atoms with E-state index in [9.17, 15) is 9.90 Å². The van der Waals surface area contributed by atoms with Crippen LogP contribution in [0.2, 0.25) is 0 Å². The molecule has 0 bridgehead atoms. The summed E-state index contributed by atoms with van der Waals surface area (Å²) in [5.41, 5.74) is 1.02. The van der Waals surface area contributed by atoms with Crippen molar-refractivity contribution in [2.75, 3.05) is 6.26 Å². The van der Waals surface area contributed by atoms with Gasteiger partial charge in [0.2, 0.25) is 0 Å². The van der Waals surface area contributed by atoms with Gasteiger partial charge in [-0.05, 0) is 11.8 Å². The summed E-state index contributed by atoms with van der Waals surface area (Å²) in [5.74, 6) is -0.366. The molecule has 1 N–H and O–H groups in total. The fourth-order valence-corrected chi connectivity index (χ4v) is 1.78. The Bertz CT molecular complexity index is 359. The van der Waals surface area contributed by atoms with E-state index < -0.39 is 6.10 Å². The second kappa shape index (κ2) is 6.51. The van der Waals surface area contributed by atoms with Crippen LogP contribution in [-0.2, 0) is 4.79 Å². The van der Waals surface area contributed by atoms with E-state index in [2.05, 4.69) is 0 Å². The average molecular weight is 236 g/mol. The Hall–Kier alpha value is -1.06. The monoisotopic (exact) mass is 236 g/mol. The van der Waals surface area contributed by atoms with E-state index in [1.165, 1.54) is 0 Å². The zero-order valence-electron chi connectivity index (χ0n) is 9.46. The molecule has 0 aliphatic heterocycles. The minimum atomic E-state index is -0.722. The molecule has 2 atom stereocenters. The first-order valence-electron chi connectivity index (χ1n) is 5.14. The highest BCUT2D eigenvalue weighted by Gasteiger charge is 2.18. The molecule has 0 saturated heterocycles. The van der Waals surface area contributed by atoms with Crippen LogP contribution in [0.3, 0.4) is 0 Å². The number of rotatable bonds is 4. The van der Waals surface area contributed by atoms with E-state index in [1.54, 1.807) is 19.3 Å². The summed E-state index contributed by atoms with van der Waals surface area (Å²) in [6.07, 6.45) is 4.50. The van der Waals surface area contributed by atoms with Crippen LogP contribution in [0.4, 0.5) is 0 Å². The van der Waals surface area contributed by atoms with Crippen LogP contribution in [0.5, 0.6) is 0 Å². The summed E-state index contributed by atoms with van der Waals surface area (Å²) in [7, 11) is 0. The quantitative estimate of drug-likeness (QED) is 0.873. The maximum atomic E-state index is 11.3. The first-order chi connectivity index (χ1) is 7.65. The lowest BCUT2D eigenvalue weighted by Crippen LogP contribution is -2.21. The molecule has 2 nitrogen and oxygen atoms in total. The number of hydrogen-bond donors (Lipinski definition) is 1. The first kappa shape index (κ1) is 13.0. The van der Waals surface area contributed by atoms with Gasteiger partial charge in [0.05, 0.1) is 12.0 Å². The molecular weight excluding hydrogens is 220 g/mol. The van der Waals surface area contributed by atoms with E-state index in [0.29, 0.717) is 0 Å². The van der Waals surface area contributed by atoms with Gasteiger partial charge in [-0.15, -0.1) is 0 Å². The van der Waals surface area contributed by atoms with E-state index >= 15 is 0 Å². The lowest BCUT2D eigenvalue weighted by molar-refractivity contribution is -0.116. The van der Waals surface area contributed by atoms with Crippen LogP contribution in [0.25, 0.3) is 6.08 Å². The van der Waals surface area contributed by atoms with Gasteiger partial charge in [-0.3, -0.25) is 4.79 Å². The molecule has 0 fully saturated rings. The molecule has 0 aromatic heterocycles. The van der Waals surface area contributed by atoms with Gasteiger partial charge in [0.25, 0.3) is 0 Å². The van der Waals surface area contributed by atoms with E-state index in [-0.39, 0.29) is 11.0 Å². The van der Waals surface area contributed by atoms with Gasteiger partial charge in [0.15, 0.2) is 5.12 Å². The molecule has 0 radical (unpaired) electrons. The summed E-state index contributed by atoms with van der Waals surface area (Å²) < 4.78 is 0. The summed E-state index contributed by atoms with van der Waals surface area (Å²) >= 11 is 1.15. The Morgan fingerprint density at radius 2 is 2.00 bits per heavy atom. The SMILES string of the molecule is CSC(=O)[C@@H](C)[C@H](O)/C=C/c1ccccc1. The second-order valence-electron chi connectivity index (χ2n) is 3.57. The molecule has 1 aromatic rings. The van der Waals surface area contributed by atoms with Crippen LogP contribution < -0.4 is 0 Å². The topological polar surface area (TPSA) is 37.3 Å². The van der Waals surface area contributed by atoms with Crippen molar-refractivity contribution in [3.63, 3.8) is 0 Å². The number of benzene rings is 1. The van der Waals surface area contributed by atoms with Gasteiger partial charge in [-0.25, -0.2) is 0 Å². The zero-order chi connectivity index (χ0) is 12.0. The van der Waals surface area contributed by atoms with Crippen molar-refractivity contribution in [1.82, 2.24) is 0 Å². The van der Waals surface area contributed by atoms with Gasteiger partial charge in [0.1, 0.15) is 0 Å². The smallest absolute Gasteiger partial charge is 0.194 e. The van der Waals surface area contributed by atoms with Crippen molar-refractivity contribution < 1.29 is 9.90 Å². The van der Waals surface area contributed by atoms with Crippen molar-refractivity contribution in [2.24, 2.45) is 5.92 Å². The molecule has 0 saturated carbocycles. The Morgan fingerprint density at radius 3 is 2.56 bits per heavy atom. The molecule has 3 heteroatoms. The third-order valence-electron chi connectivity index (χ3n) is 2.37. The summed E-state index contributed by atoms with van der Waals surface area (Å²) in [6.45, 7) is 1.73. The van der Waals surface area contributed by atoms with Gasteiger partial charge >= 0.3 is 0 Å². The standard InChI is InChI=1S/C13H16O2S/c1-10(13(15)16-2)12(14)9-8-11-6-4-3-5-7-11/h3-10,12,14H,1-2H3/b9-8+/t10-,12+/m0/s1. The highest BCUT2D eigenvalue weighted by molar-refractivity contribution is 8.13. The molecule has 86 valence electrons. The van der Waals surface area contributed by atoms with Crippen LogP contribution in [0, 0.1) is 5.92 Å². The predicted molar refractivity (Wildman–Crippen MR) is 69.2 cm³/mol. The average Bonchev–Trinajstić information content (AvgIpc) is 2.35. The largest absolute Gasteiger partial charge is 0.388 e. The predicted octanol–water partition coefficient (Wildman–Crippen LogP) is 2.59. The van der Waals surface area contributed by atoms with Crippen molar-refractivity contribution in [1.29, 1.82) is 0 Å². The summed E-state index contributed by atoms with van der Waals surface area (Å²) in [4.78, 5) is 11.3. The van der Waals surface area contributed by atoms with Gasteiger partial charge in [-0.1, -0.05) is 61.2 Å². The van der Waals surface area contributed by atoms with Crippen LogP contribution in [-0.4, -0.2) is 22.6 Å². The van der Waals surface area contributed by atoms with Gasteiger partial charge in [-0.2, -0.15) is 0 Å². The fraction of sp³-hybridized carbons (Fsp3) is 0.308. The molecule has 0 aliphatic rings. The number of aliphatic hydroxyl groups is 1. The minimum absolute atomic E-state index is 0.00483. The Morgan fingerprint density at radius 1 is 1.38 bits per heavy atom. The fourth-order valence-electron chi connectivity index (χ4n) is 1.27. The van der Waals surface area contributed by atoms with E-state index in [0.717, 1.165) is 17.3 Å².